The standard InChI is InChI=1S/C27H22ClN3O2S/c1-18-10-12-22(13-11-18)31-26(33)24(15-20-8-5-9-21(28)14-20)34-27(31)23(16-29)25(32)30-17-19-6-3-2-4-7-19/h2-14,24H,15,17H2,1H3,(H,30,32)/b27-23-/t24-/m0/s1. The average Bonchev–Trinajstić information content (AvgIpc) is 3.15. The summed E-state index contributed by atoms with van der Waals surface area (Å²) < 4.78 is 0. The highest BCUT2D eigenvalue weighted by molar-refractivity contribution is 8.05. The van der Waals surface area contributed by atoms with E-state index in [1.54, 1.807) is 6.07 Å². The molecule has 4 rings (SSSR count). The quantitative estimate of drug-likeness (QED) is 0.373. The number of carbonyl (C=O) groups is 2. The molecule has 34 heavy (non-hydrogen) atoms. The number of amides is 2. The lowest BCUT2D eigenvalue weighted by molar-refractivity contribution is -0.117. The van der Waals surface area contributed by atoms with Crippen LogP contribution < -0.4 is 10.2 Å². The van der Waals surface area contributed by atoms with Gasteiger partial charge in [0.05, 0.1) is 5.25 Å². The molecule has 1 fully saturated rings. The summed E-state index contributed by atoms with van der Waals surface area (Å²) in [6, 6.07) is 26.3. The van der Waals surface area contributed by atoms with Crippen LogP contribution in [0.2, 0.25) is 5.02 Å². The Morgan fingerprint density at radius 1 is 1.06 bits per heavy atom. The lowest BCUT2D eigenvalue weighted by Gasteiger charge is -2.19. The van der Waals surface area contributed by atoms with E-state index in [9.17, 15) is 14.9 Å². The molecule has 1 saturated heterocycles. The average molecular weight is 488 g/mol. The van der Waals surface area contributed by atoms with Crippen molar-refractivity contribution in [3.05, 3.63) is 111 Å². The van der Waals surface area contributed by atoms with Crippen molar-refractivity contribution in [1.29, 1.82) is 5.26 Å². The Morgan fingerprint density at radius 2 is 1.76 bits per heavy atom. The zero-order chi connectivity index (χ0) is 24.1. The molecule has 2 amide bonds. The summed E-state index contributed by atoms with van der Waals surface area (Å²) >= 11 is 7.37. The summed E-state index contributed by atoms with van der Waals surface area (Å²) in [6.07, 6.45) is 0.431. The van der Waals surface area contributed by atoms with Crippen LogP contribution in [0.1, 0.15) is 16.7 Å². The van der Waals surface area contributed by atoms with Crippen LogP contribution in [0, 0.1) is 18.3 Å². The minimum absolute atomic E-state index is 0.0801. The van der Waals surface area contributed by atoms with Crippen LogP contribution in [0.3, 0.4) is 0 Å². The summed E-state index contributed by atoms with van der Waals surface area (Å²) in [5.41, 5.74) is 3.42. The lowest BCUT2D eigenvalue weighted by Crippen LogP contribution is -2.32. The van der Waals surface area contributed by atoms with Crippen LogP contribution in [0.5, 0.6) is 0 Å². The second-order valence-electron chi connectivity index (χ2n) is 7.91. The Hall–Kier alpha value is -3.53. The minimum Gasteiger partial charge on any atom is -0.347 e. The number of halogens is 1. The third kappa shape index (κ3) is 5.33. The van der Waals surface area contributed by atoms with Gasteiger partial charge in [-0.2, -0.15) is 5.26 Å². The second kappa shape index (κ2) is 10.6. The third-order valence-corrected chi connectivity index (χ3v) is 6.90. The number of anilines is 1. The van der Waals surface area contributed by atoms with Gasteiger partial charge in [-0.3, -0.25) is 14.5 Å². The maximum atomic E-state index is 13.5. The minimum atomic E-state index is -0.512. The van der Waals surface area contributed by atoms with Crippen molar-refractivity contribution in [2.24, 2.45) is 0 Å². The van der Waals surface area contributed by atoms with Crippen LogP contribution >= 0.6 is 23.4 Å². The molecule has 1 atom stereocenters. The number of carbonyl (C=O) groups excluding carboxylic acids is 2. The molecule has 0 aliphatic carbocycles. The largest absolute Gasteiger partial charge is 0.347 e. The third-order valence-electron chi connectivity index (χ3n) is 5.40. The number of nitriles is 1. The molecule has 1 heterocycles. The first-order valence-corrected chi connectivity index (χ1v) is 12.0. The molecule has 5 nitrogen and oxygen atoms in total. The van der Waals surface area contributed by atoms with Crippen LogP contribution in [-0.4, -0.2) is 17.1 Å². The summed E-state index contributed by atoms with van der Waals surface area (Å²) in [5, 5.41) is 13.2. The monoisotopic (exact) mass is 487 g/mol. The van der Waals surface area contributed by atoms with Crippen molar-refractivity contribution >= 4 is 40.9 Å². The zero-order valence-electron chi connectivity index (χ0n) is 18.5. The van der Waals surface area contributed by atoms with Gasteiger partial charge in [0.1, 0.15) is 16.7 Å². The smallest absolute Gasteiger partial charge is 0.264 e. The van der Waals surface area contributed by atoms with Crippen LogP contribution in [0.4, 0.5) is 5.69 Å². The van der Waals surface area contributed by atoms with Crippen LogP contribution in [0.25, 0.3) is 0 Å². The van der Waals surface area contributed by atoms with Gasteiger partial charge in [-0.05, 0) is 48.7 Å². The Labute approximate surface area is 208 Å². The number of hydrogen-bond donors (Lipinski definition) is 1. The van der Waals surface area contributed by atoms with E-state index in [-0.39, 0.29) is 18.0 Å². The van der Waals surface area contributed by atoms with Gasteiger partial charge in [0.15, 0.2) is 0 Å². The van der Waals surface area contributed by atoms with E-state index in [4.69, 9.17) is 11.6 Å². The molecular formula is C27H22ClN3O2S. The van der Waals surface area contributed by atoms with Crippen molar-refractivity contribution in [3.8, 4) is 6.07 Å². The molecule has 3 aromatic carbocycles. The maximum Gasteiger partial charge on any atom is 0.264 e. The Morgan fingerprint density at radius 3 is 2.44 bits per heavy atom. The summed E-state index contributed by atoms with van der Waals surface area (Å²) in [6.45, 7) is 2.24. The highest BCUT2D eigenvalue weighted by atomic mass is 35.5. The topological polar surface area (TPSA) is 73.2 Å². The molecule has 0 unspecified atom stereocenters. The highest BCUT2D eigenvalue weighted by Crippen LogP contribution is 2.42. The number of nitrogens with one attached hydrogen (secondary N) is 1. The molecule has 0 saturated carbocycles. The number of thioether (sulfide) groups is 1. The molecule has 1 N–H and O–H groups in total. The maximum absolute atomic E-state index is 13.5. The Bertz CT molecular complexity index is 1280. The molecule has 1 aliphatic heterocycles. The number of aryl methyl sites for hydroxylation is 1. The van der Waals surface area contributed by atoms with Gasteiger partial charge in [-0.1, -0.05) is 83.5 Å². The van der Waals surface area contributed by atoms with Crippen molar-refractivity contribution < 1.29 is 9.59 Å². The van der Waals surface area contributed by atoms with Crippen LogP contribution in [0.15, 0.2) is 89.5 Å². The molecule has 170 valence electrons. The lowest BCUT2D eigenvalue weighted by atomic mass is 10.1. The fourth-order valence-corrected chi connectivity index (χ4v) is 5.18. The normalized spacial score (nSPS) is 16.8. The van der Waals surface area contributed by atoms with Crippen LogP contribution in [-0.2, 0) is 22.6 Å². The van der Waals surface area contributed by atoms with E-state index in [2.05, 4.69) is 5.32 Å². The number of hydrogen-bond acceptors (Lipinski definition) is 4. The second-order valence-corrected chi connectivity index (χ2v) is 9.54. The molecule has 0 bridgehead atoms. The van der Waals surface area contributed by atoms with E-state index in [0.717, 1.165) is 16.7 Å². The van der Waals surface area contributed by atoms with Gasteiger partial charge >= 0.3 is 0 Å². The Kier molecular flexibility index (Phi) is 7.36. The van der Waals surface area contributed by atoms with Gasteiger partial charge in [-0.15, -0.1) is 0 Å². The summed E-state index contributed by atoms with van der Waals surface area (Å²) in [4.78, 5) is 28.0. The van der Waals surface area contributed by atoms with E-state index < -0.39 is 11.2 Å². The number of nitrogens with zero attached hydrogens (tertiary/aromatic N) is 2. The van der Waals surface area contributed by atoms with Crippen molar-refractivity contribution in [3.63, 3.8) is 0 Å². The predicted molar refractivity (Wildman–Crippen MR) is 136 cm³/mol. The molecule has 0 spiro atoms. The van der Waals surface area contributed by atoms with Gasteiger partial charge < -0.3 is 5.32 Å². The number of rotatable bonds is 6. The van der Waals surface area contributed by atoms with Crippen molar-refractivity contribution in [2.75, 3.05) is 4.90 Å². The first-order chi connectivity index (χ1) is 16.5. The molecule has 0 radical (unpaired) electrons. The fraction of sp³-hybridized carbons (Fsp3) is 0.148. The summed E-state index contributed by atoms with van der Waals surface area (Å²) in [7, 11) is 0. The summed E-state index contributed by atoms with van der Waals surface area (Å²) in [5.74, 6) is -0.686. The SMILES string of the molecule is Cc1ccc(N2C(=O)[C@H](Cc3cccc(Cl)c3)S/C2=C(/C#N)C(=O)NCc2ccccc2)cc1. The predicted octanol–water partition coefficient (Wildman–Crippen LogP) is 5.39. The van der Waals surface area contributed by atoms with E-state index >= 15 is 0 Å². The molecule has 0 aromatic heterocycles. The molecule has 7 heteroatoms. The van der Waals surface area contributed by atoms with E-state index in [1.165, 1.54) is 16.7 Å². The van der Waals surface area contributed by atoms with Crippen molar-refractivity contribution in [2.45, 2.75) is 25.1 Å². The number of benzene rings is 3. The molecular weight excluding hydrogens is 466 g/mol. The van der Waals surface area contributed by atoms with Gasteiger partial charge in [0.25, 0.3) is 5.91 Å². The van der Waals surface area contributed by atoms with E-state index in [1.807, 2.05) is 85.8 Å². The zero-order valence-corrected chi connectivity index (χ0v) is 20.1. The molecule has 3 aromatic rings. The van der Waals surface area contributed by atoms with Gasteiger partial charge in [0, 0.05) is 17.3 Å². The van der Waals surface area contributed by atoms with Gasteiger partial charge in [0.2, 0.25) is 5.91 Å². The first kappa shape index (κ1) is 23.6. The molecule has 1 aliphatic rings. The van der Waals surface area contributed by atoms with E-state index in [0.29, 0.717) is 22.2 Å². The first-order valence-electron chi connectivity index (χ1n) is 10.7. The fourth-order valence-electron chi connectivity index (χ4n) is 3.66. The van der Waals surface area contributed by atoms with Crippen molar-refractivity contribution in [1.82, 2.24) is 5.32 Å². The van der Waals surface area contributed by atoms with Gasteiger partial charge in [-0.25, -0.2) is 0 Å². The Balaban J connectivity index is 1.67. The highest BCUT2D eigenvalue weighted by Gasteiger charge is 2.40.